The van der Waals surface area contributed by atoms with Gasteiger partial charge >= 0.3 is 0 Å². The van der Waals surface area contributed by atoms with E-state index in [0.29, 0.717) is 46.7 Å². The quantitative estimate of drug-likeness (QED) is 0.200. The molecule has 0 bridgehead atoms. The van der Waals surface area contributed by atoms with Gasteiger partial charge in [-0.1, -0.05) is 23.8 Å². The van der Waals surface area contributed by atoms with Gasteiger partial charge in [0.25, 0.3) is 0 Å². The summed E-state index contributed by atoms with van der Waals surface area (Å²) in [7, 11) is 4.56. The molecular formula is C25H29FO6. The molecule has 0 aliphatic rings. The molecule has 0 saturated heterocycles. The highest BCUT2D eigenvalue weighted by atomic mass is 19.1. The van der Waals surface area contributed by atoms with E-state index >= 15 is 0 Å². The maximum atomic E-state index is 13.6. The Bertz CT molecular complexity index is 959. The van der Waals surface area contributed by atoms with Crippen molar-refractivity contribution in [2.24, 2.45) is 0 Å². The van der Waals surface area contributed by atoms with Crippen LogP contribution in [-0.2, 0) is 20.7 Å². The SMILES string of the molecule is COCOc1cc(OC)c(/C(=C/C=O)c2ccc(F)cc2)c(OCOC)c1CC=C(C)C. The fourth-order valence-electron chi connectivity index (χ4n) is 3.12. The number of ether oxygens (including phenoxy) is 5. The van der Waals surface area contributed by atoms with Crippen LogP contribution in [0.15, 0.2) is 48.1 Å². The maximum Gasteiger partial charge on any atom is 0.188 e. The van der Waals surface area contributed by atoms with Crippen molar-refractivity contribution in [1.29, 1.82) is 0 Å². The predicted octanol–water partition coefficient (Wildman–Crippen LogP) is 4.94. The van der Waals surface area contributed by atoms with Gasteiger partial charge in [-0.3, -0.25) is 4.79 Å². The van der Waals surface area contributed by atoms with Crippen molar-refractivity contribution in [2.45, 2.75) is 20.3 Å². The largest absolute Gasteiger partial charge is 0.496 e. The van der Waals surface area contributed by atoms with E-state index in [1.165, 1.54) is 39.5 Å². The number of hydrogen-bond donors (Lipinski definition) is 0. The summed E-state index contributed by atoms with van der Waals surface area (Å²) in [4.78, 5) is 11.6. The Kier molecular flexibility index (Phi) is 9.91. The number of methoxy groups -OCH3 is 3. The molecule has 2 rings (SSSR count). The highest BCUT2D eigenvalue weighted by Gasteiger charge is 2.24. The number of halogens is 1. The first-order chi connectivity index (χ1) is 15.5. The Morgan fingerprint density at radius 1 is 0.969 bits per heavy atom. The summed E-state index contributed by atoms with van der Waals surface area (Å²) in [6, 6.07) is 7.57. The van der Waals surface area contributed by atoms with Crippen LogP contribution < -0.4 is 14.2 Å². The van der Waals surface area contributed by atoms with E-state index in [9.17, 15) is 9.18 Å². The van der Waals surface area contributed by atoms with Crippen molar-refractivity contribution in [1.82, 2.24) is 0 Å². The fourth-order valence-corrected chi connectivity index (χ4v) is 3.12. The molecule has 0 spiro atoms. The van der Waals surface area contributed by atoms with Crippen LogP contribution in [0.2, 0.25) is 0 Å². The number of benzene rings is 2. The predicted molar refractivity (Wildman–Crippen MR) is 121 cm³/mol. The molecule has 172 valence electrons. The van der Waals surface area contributed by atoms with Crippen molar-refractivity contribution < 1.29 is 32.9 Å². The monoisotopic (exact) mass is 444 g/mol. The van der Waals surface area contributed by atoms with Crippen molar-refractivity contribution in [3.8, 4) is 17.2 Å². The van der Waals surface area contributed by atoms with Gasteiger partial charge in [0.1, 0.15) is 29.4 Å². The Morgan fingerprint density at radius 2 is 1.62 bits per heavy atom. The van der Waals surface area contributed by atoms with E-state index in [0.717, 1.165) is 11.1 Å². The summed E-state index contributed by atoms with van der Waals surface area (Å²) < 4.78 is 41.2. The molecule has 0 N–H and O–H groups in total. The topological polar surface area (TPSA) is 63.2 Å². The van der Waals surface area contributed by atoms with E-state index < -0.39 is 0 Å². The van der Waals surface area contributed by atoms with Gasteiger partial charge in [0, 0.05) is 25.8 Å². The standard InChI is InChI=1S/C25H29FO6/c1-17(2)6-11-21-22(31-15-28-3)14-23(30-5)24(25(21)32-16-29-4)20(12-13-27)18-7-9-19(26)10-8-18/h6-10,12-14H,11,15-16H2,1-5H3/b20-12+. The molecule has 0 aliphatic carbocycles. The second kappa shape index (κ2) is 12.6. The van der Waals surface area contributed by atoms with Crippen LogP contribution in [0.3, 0.4) is 0 Å². The van der Waals surface area contributed by atoms with E-state index in [-0.39, 0.29) is 19.4 Å². The lowest BCUT2D eigenvalue weighted by molar-refractivity contribution is -0.104. The van der Waals surface area contributed by atoms with Crippen molar-refractivity contribution in [3.05, 3.63) is 70.6 Å². The van der Waals surface area contributed by atoms with Crippen LogP contribution in [0.1, 0.15) is 30.5 Å². The molecule has 0 radical (unpaired) electrons. The zero-order chi connectivity index (χ0) is 23.5. The normalized spacial score (nSPS) is 11.1. The average molecular weight is 444 g/mol. The molecule has 0 fully saturated rings. The lowest BCUT2D eigenvalue weighted by atomic mass is 9.92. The lowest BCUT2D eigenvalue weighted by Gasteiger charge is -2.23. The van der Waals surface area contributed by atoms with Crippen LogP contribution in [0.5, 0.6) is 17.2 Å². The number of carbonyl (C=O) groups is 1. The summed E-state index contributed by atoms with van der Waals surface area (Å²) in [6.07, 6.45) is 4.59. The zero-order valence-corrected chi connectivity index (χ0v) is 19.1. The highest BCUT2D eigenvalue weighted by molar-refractivity contribution is 5.94. The van der Waals surface area contributed by atoms with Gasteiger partial charge in [0.05, 0.1) is 12.7 Å². The van der Waals surface area contributed by atoms with Crippen molar-refractivity contribution in [2.75, 3.05) is 34.9 Å². The Hall–Kier alpha value is -3.16. The van der Waals surface area contributed by atoms with Crippen LogP contribution in [0.25, 0.3) is 5.57 Å². The minimum absolute atomic E-state index is 0.0308. The van der Waals surface area contributed by atoms with E-state index in [4.69, 9.17) is 23.7 Å². The summed E-state index contributed by atoms with van der Waals surface area (Å²) in [5, 5.41) is 0. The lowest BCUT2D eigenvalue weighted by Crippen LogP contribution is -2.10. The first-order valence-corrected chi connectivity index (χ1v) is 9.99. The zero-order valence-electron chi connectivity index (χ0n) is 19.1. The van der Waals surface area contributed by atoms with E-state index in [1.807, 2.05) is 19.9 Å². The molecule has 6 nitrogen and oxygen atoms in total. The molecule has 0 atom stereocenters. The van der Waals surface area contributed by atoms with Gasteiger partial charge in [0.2, 0.25) is 0 Å². The highest BCUT2D eigenvalue weighted by Crippen LogP contribution is 2.45. The molecule has 0 aromatic heterocycles. The summed E-state index contributed by atoms with van der Waals surface area (Å²) >= 11 is 0. The number of aldehydes is 1. The fraction of sp³-hybridized carbons (Fsp3) is 0.320. The molecule has 0 saturated carbocycles. The molecule has 0 unspecified atom stereocenters. The third-order valence-corrected chi connectivity index (χ3v) is 4.55. The molecule has 32 heavy (non-hydrogen) atoms. The molecule has 0 aliphatic heterocycles. The first-order valence-electron chi connectivity index (χ1n) is 9.99. The van der Waals surface area contributed by atoms with Gasteiger partial charge in [-0.05, 0) is 49.6 Å². The Balaban J connectivity index is 2.86. The molecule has 7 heteroatoms. The van der Waals surface area contributed by atoms with Crippen molar-refractivity contribution in [3.63, 3.8) is 0 Å². The third-order valence-electron chi connectivity index (χ3n) is 4.55. The van der Waals surface area contributed by atoms with E-state index in [2.05, 4.69) is 0 Å². The van der Waals surface area contributed by atoms with Gasteiger partial charge in [0.15, 0.2) is 13.6 Å². The summed E-state index contributed by atoms with van der Waals surface area (Å²) in [6.45, 7) is 3.98. The second-order valence-electron chi connectivity index (χ2n) is 7.07. The van der Waals surface area contributed by atoms with Crippen LogP contribution in [-0.4, -0.2) is 41.2 Å². The van der Waals surface area contributed by atoms with Crippen LogP contribution in [0, 0.1) is 5.82 Å². The first kappa shape index (κ1) is 25.1. The molecular weight excluding hydrogens is 415 g/mol. The van der Waals surface area contributed by atoms with Crippen molar-refractivity contribution >= 4 is 11.9 Å². The van der Waals surface area contributed by atoms with Gasteiger partial charge < -0.3 is 23.7 Å². The van der Waals surface area contributed by atoms with Gasteiger partial charge in [-0.25, -0.2) is 4.39 Å². The number of carbonyl (C=O) groups excluding carboxylic acids is 1. The smallest absolute Gasteiger partial charge is 0.188 e. The van der Waals surface area contributed by atoms with Crippen LogP contribution >= 0.6 is 0 Å². The molecule has 2 aromatic carbocycles. The summed E-state index contributed by atoms with van der Waals surface area (Å²) in [5.74, 6) is 0.989. The van der Waals surface area contributed by atoms with Gasteiger partial charge in [-0.2, -0.15) is 0 Å². The average Bonchev–Trinajstić information content (AvgIpc) is 2.79. The summed E-state index contributed by atoms with van der Waals surface area (Å²) in [5.41, 5.74) is 3.51. The number of rotatable bonds is 12. The maximum absolute atomic E-state index is 13.6. The Morgan fingerprint density at radius 3 is 2.19 bits per heavy atom. The van der Waals surface area contributed by atoms with Crippen LogP contribution in [0.4, 0.5) is 4.39 Å². The molecule has 0 amide bonds. The van der Waals surface area contributed by atoms with Gasteiger partial charge in [-0.15, -0.1) is 0 Å². The minimum atomic E-state index is -0.380. The third kappa shape index (κ3) is 6.42. The second-order valence-corrected chi connectivity index (χ2v) is 7.07. The molecule has 0 heterocycles. The Labute approximate surface area is 188 Å². The number of hydrogen-bond acceptors (Lipinski definition) is 6. The minimum Gasteiger partial charge on any atom is -0.496 e. The molecule has 2 aromatic rings. The number of allylic oxidation sites excluding steroid dienone is 3. The van der Waals surface area contributed by atoms with E-state index in [1.54, 1.807) is 18.2 Å².